The molecule has 1 aromatic carbocycles. The largest absolute Gasteiger partial charge is 0.494 e. The van der Waals surface area contributed by atoms with Gasteiger partial charge in [0.2, 0.25) is 5.91 Å². The molecule has 9 heteroatoms. The van der Waals surface area contributed by atoms with Crippen LogP contribution in [-0.4, -0.2) is 53.0 Å². The second-order valence-corrected chi connectivity index (χ2v) is 7.16. The zero-order valence-electron chi connectivity index (χ0n) is 15.4. The van der Waals surface area contributed by atoms with Crippen LogP contribution < -0.4 is 15.8 Å². The number of hydrogen-bond acceptors (Lipinski definition) is 7. The van der Waals surface area contributed by atoms with E-state index in [1.54, 1.807) is 11.8 Å². The molecule has 0 unspecified atom stereocenters. The summed E-state index contributed by atoms with van der Waals surface area (Å²) in [6, 6.07) is 5.45. The van der Waals surface area contributed by atoms with Crippen molar-refractivity contribution < 1.29 is 14.3 Å². The van der Waals surface area contributed by atoms with Gasteiger partial charge in [-0.1, -0.05) is 0 Å². The van der Waals surface area contributed by atoms with E-state index in [1.807, 2.05) is 18.2 Å². The lowest BCUT2D eigenvalue weighted by Gasteiger charge is -2.34. The van der Waals surface area contributed by atoms with Crippen LogP contribution in [0.4, 0.5) is 5.69 Å². The molecule has 0 bridgehead atoms. The van der Waals surface area contributed by atoms with Crippen molar-refractivity contribution in [3.05, 3.63) is 24.0 Å². The third-order valence-corrected chi connectivity index (χ3v) is 5.42. The number of benzene rings is 1. The summed E-state index contributed by atoms with van der Waals surface area (Å²) in [6.45, 7) is 1.39. The monoisotopic (exact) mass is 372 g/mol. The molecule has 1 aliphatic carbocycles. The number of nitrogens with two attached hydrogens (primary N) is 1. The highest BCUT2D eigenvalue weighted by Crippen LogP contribution is 2.40. The van der Waals surface area contributed by atoms with Crippen LogP contribution in [0.1, 0.15) is 37.4 Å². The topological polar surface area (TPSA) is 117 Å². The molecule has 0 spiro atoms. The number of nitrogens with one attached hydrogen (secondary N) is 1. The fourth-order valence-corrected chi connectivity index (χ4v) is 3.44. The molecule has 3 N–H and O–H groups in total. The number of rotatable bonds is 6. The maximum Gasteiger partial charge on any atom is 0.232 e. The lowest BCUT2D eigenvalue weighted by atomic mass is 9.79. The van der Waals surface area contributed by atoms with Gasteiger partial charge in [0.25, 0.3) is 0 Å². The lowest BCUT2D eigenvalue weighted by molar-refractivity contribution is -0.130. The Hall–Kier alpha value is -2.52. The van der Waals surface area contributed by atoms with E-state index in [9.17, 15) is 4.79 Å². The molecule has 1 aromatic heterocycles. The van der Waals surface area contributed by atoms with Crippen LogP contribution in [0.15, 0.2) is 18.2 Å². The van der Waals surface area contributed by atoms with E-state index in [0.717, 1.165) is 18.7 Å². The Bertz CT molecular complexity index is 826. The number of amides is 1. The summed E-state index contributed by atoms with van der Waals surface area (Å²) in [5.41, 5.74) is 6.71. The summed E-state index contributed by atoms with van der Waals surface area (Å²) in [4.78, 5) is 12.9. The van der Waals surface area contributed by atoms with Crippen molar-refractivity contribution in [3.63, 3.8) is 0 Å². The van der Waals surface area contributed by atoms with Gasteiger partial charge in [-0.2, -0.15) is 4.68 Å². The summed E-state index contributed by atoms with van der Waals surface area (Å²) >= 11 is 0. The van der Waals surface area contributed by atoms with E-state index in [2.05, 4.69) is 20.8 Å². The maximum absolute atomic E-state index is 12.9. The van der Waals surface area contributed by atoms with Crippen molar-refractivity contribution in [1.29, 1.82) is 0 Å². The molecule has 1 saturated carbocycles. The normalized spacial score (nSPS) is 18.9. The third kappa shape index (κ3) is 3.40. The first-order valence-electron chi connectivity index (χ1n) is 9.23. The number of methoxy groups -OCH3 is 1. The van der Waals surface area contributed by atoms with Gasteiger partial charge in [-0.15, -0.1) is 5.10 Å². The average molecular weight is 372 g/mol. The molecule has 0 radical (unpaired) electrons. The molecule has 2 aromatic rings. The Morgan fingerprint density at radius 3 is 2.85 bits per heavy atom. The quantitative estimate of drug-likeness (QED) is 0.783. The number of carbonyl (C=O) groups excluding carboxylic acids is 1. The summed E-state index contributed by atoms with van der Waals surface area (Å²) < 4.78 is 12.6. The van der Waals surface area contributed by atoms with Crippen LogP contribution >= 0.6 is 0 Å². The van der Waals surface area contributed by atoms with Crippen LogP contribution in [0, 0.1) is 5.41 Å². The summed E-state index contributed by atoms with van der Waals surface area (Å²) in [6.07, 6.45) is 3.41. The molecule has 0 atom stereocenters. The minimum Gasteiger partial charge on any atom is -0.494 e. The van der Waals surface area contributed by atoms with Crippen molar-refractivity contribution in [2.24, 2.45) is 11.1 Å². The van der Waals surface area contributed by atoms with Crippen LogP contribution in [0.3, 0.4) is 0 Å². The summed E-state index contributed by atoms with van der Waals surface area (Å²) in [7, 11) is 1.60. The van der Waals surface area contributed by atoms with Crippen LogP contribution in [0.2, 0.25) is 0 Å². The van der Waals surface area contributed by atoms with Crippen molar-refractivity contribution in [1.82, 2.24) is 20.2 Å². The Morgan fingerprint density at radius 2 is 2.19 bits per heavy atom. The second kappa shape index (κ2) is 7.24. The van der Waals surface area contributed by atoms with Crippen LogP contribution in [0.5, 0.6) is 5.75 Å². The summed E-state index contributed by atoms with van der Waals surface area (Å²) in [5, 5.41) is 15.1. The Morgan fingerprint density at radius 1 is 1.41 bits per heavy atom. The Labute approximate surface area is 157 Å². The SMILES string of the molecule is COc1ccc(NC(=O)C2(CN)CCOCC2)cc1-n1nnnc1C1CC1. The molecule has 144 valence electrons. The molecule has 9 nitrogen and oxygen atoms in total. The molecule has 2 heterocycles. The van der Waals surface area contributed by atoms with Gasteiger partial charge in [0.15, 0.2) is 5.82 Å². The molecule has 1 aliphatic heterocycles. The fraction of sp³-hybridized carbons (Fsp3) is 0.556. The van der Waals surface area contributed by atoms with Gasteiger partial charge >= 0.3 is 0 Å². The number of aromatic nitrogens is 4. The standard InChI is InChI=1S/C18H24N6O3/c1-26-15-5-4-13(20-17(25)18(11-19)6-8-27-9-7-18)10-14(15)24-16(12-2-3-12)21-22-23-24/h4-5,10,12H,2-3,6-9,11,19H2,1H3,(H,20,25). The Balaban J connectivity index is 1.62. The second-order valence-electron chi connectivity index (χ2n) is 7.16. The highest BCUT2D eigenvalue weighted by molar-refractivity contribution is 5.96. The van der Waals surface area contributed by atoms with Gasteiger partial charge < -0.3 is 20.5 Å². The molecular weight excluding hydrogens is 348 g/mol. The van der Waals surface area contributed by atoms with E-state index < -0.39 is 5.41 Å². The van der Waals surface area contributed by atoms with Gasteiger partial charge in [-0.25, -0.2) is 0 Å². The van der Waals surface area contributed by atoms with E-state index in [0.29, 0.717) is 55.6 Å². The van der Waals surface area contributed by atoms with Gasteiger partial charge in [0, 0.05) is 31.4 Å². The minimum atomic E-state index is -0.591. The predicted molar refractivity (Wildman–Crippen MR) is 97.9 cm³/mol. The smallest absolute Gasteiger partial charge is 0.232 e. The molecule has 1 saturated heterocycles. The van der Waals surface area contributed by atoms with Gasteiger partial charge in [-0.3, -0.25) is 4.79 Å². The number of hydrogen-bond donors (Lipinski definition) is 2. The molecule has 2 aliphatic rings. The maximum atomic E-state index is 12.9. The highest BCUT2D eigenvalue weighted by Gasteiger charge is 2.39. The van der Waals surface area contributed by atoms with Crippen molar-refractivity contribution in [2.45, 2.75) is 31.6 Å². The number of tetrazole rings is 1. The molecule has 2 fully saturated rings. The molecule has 27 heavy (non-hydrogen) atoms. The lowest BCUT2D eigenvalue weighted by Crippen LogP contribution is -2.46. The predicted octanol–water partition coefficient (Wildman–Crippen LogP) is 1.24. The van der Waals surface area contributed by atoms with E-state index in [1.165, 1.54) is 0 Å². The third-order valence-electron chi connectivity index (χ3n) is 5.42. The van der Waals surface area contributed by atoms with Gasteiger partial charge in [0.1, 0.15) is 11.4 Å². The van der Waals surface area contributed by atoms with Crippen molar-refractivity contribution in [3.8, 4) is 11.4 Å². The molecule has 1 amide bonds. The fourth-order valence-electron chi connectivity index (χ4n) is 3.44. The van der Waals surface area contributed by atoms with Gasteiger partial charge in [-0.05, 0) is 54.3 Å². The van der Waals surface area contributed by atoms with E-state index in [4.69, 9.17) is 15.2 Å². The van der Waals surface area contributed by atoms with Gasteiger partial charge in [0.05, 0.1) is 12.5 Å². The van der Waals surface area contributed by atoms with E-state index in [-0.39, 0.29) is 5.91 Å². The average Bonchev–Trinajstić information content (AvgIpc) is 3.44. The first-order valence-corrected chi connectivity index (χ1v) is 9.23. The molecule has 4 rings (SSSR count). The van der Waals surface area contributed by atoms with E-state index >= 15 is 0 Å². The number of carbonyl (C=O) groups is 1. The van der Waals surface area contributed by atoms with Crippen molar-refractivity contribution in [2.75, 3.05) is 32.2 Å². The first kappa shape index (κ1) is 17.9. The zero-order chi connectivity index (χ0) is 18.9. The minimum absolute atomic E-state index is 0.0800. The summed E-state index contributed by atoms with van der Waals surface area (Å²) in [5.74, 6) is 1.76. The van der Waals surface area contributed by atoms with Crippen molar-refractivity contribution >= 4 is 11.6 Å². The van der Waals surface area contributed by atoms with Crippen LogP contribution in [0.25, 0.3) is 5.69 Å². The van der Waals surface area contributed by atoms with Crippen LogP contribution in [-0.2, 0) is 9.53 Å². The first-order chi connectivity index (χ1) is 13.2. The highest BCUT2D eigenvalue weighted by atomic mass is 16.5. The number of ether oxygens (including phenoxy) is 2. The molecular formula is C18H24N6O3. The number of nitrogens with zero attached hydrogens (tertiary/aromatic N) is 4. The number of anilines is 1. The zero-order valence-corrected chi connectivity index (χ0v) is 15.4. The Kier molecular flexibility index (Phi) is 4.79.